The molecule has 13 heteroatoms. The molecule has 1 saturated carbocycles. The van der Waals surface area contributed by atoms with Gasteiger partial charge in [0, 0.05) is 55.0 Å². The van der Waals surface area contributed by atoms with Crippen molar-refractivity contribution in [1.82, 2.24) is 9.47 Å². The molecule has 1 aromatic heterocycles. The number of halogens is 3. The Morgan fingerprint density at radius 2 is 1.80 bits per heavy atom. The van der Waals surface area contributed by atoms with Crippen molar-refractivity contribution in [3.63, 3.8) is 0 Å². The van der Waals surface area contributed by atoms with Gasteiger partial charge in [-0.2, -0.15) is 18.4 Å². The van der Waals surface area contributed by atoms with E-state index in [0.717, 1.165) is 50.7 Å². The lowest BCUT2D eigenvalue weighted by atomic mass is 9.87. The van der Waals surface area contributed by atoms with E-state index < -0.39 is 22.6 Å². The first-order chi connectivity index (χ1) is 22.0. The summed E-state index contributed by atoms with van der Waals surface area (Å²) >= 11 is 0. The van der Waals surface area contributed by atoms with Gasteiger partial charge in [0.1, 0.15) is 18.4 Å². The van der Waals surface area contributed by atoms with Gasteiger partial charge in [0.05, 0.1) is 40.5 Å². The van der Waals surface area contributed by atoms with Gasteiger partial charge in [0.25, 0.3) is 0 Å². The lowest BCUT2D eigenvalue weighted by molar-refractivity contribution is -0.189. The SMILES string of the molecule is CS(=O)(=O)c1ccc(NCC#Cc2cc3c(NC4CCC(N5CC6CC(C5)O6)CC4)cccc3n2CC(F)(F)F)c(OCC#N)c1. The van der Waals surface area contributed by atoms with Gasteiger partial charge in [-0.05, 0) is 61.9 Å². The predicted molar refractivity (Wildman–Crippen MR) is 169 cm³/mol. The lowest BCUT2D eigenvalue weighted by Crippen LogP contribution is -2.60. The highest BCUT2D eigenvalue weighted by Gasteiger charge is 2.41. The number of sulfone groups is 1. The number of alkyl halides is 3. The van der Waals surface area contributed by atoms with Gasteiger partial charge in [0.15, 0.2) is 16.4 Å². The van der Waals surface area contributed by atoms with Gasteiger partial charge in [-0.1, -0.05) is 12.0 Å². The molecule has 4 fully saturated rings. The van der Waals surface area contributed by atoms with E-state index in [4.69, 9.17) is 14.7 Å². The first kappa shape index (κ1) is 32.0. The average molecular weight is 656 g/mol. The van der Waals surface area contributed by atoms with Crippen LogP contribution in [0.2, 0.25) is 0 Å². The number of fused-ring (bicyclic) bond motifs is 3. The number of aromatic nitrogens is 1. The molecule has 2 aromatic carbocycles. The Balaban J connectivity index is 1.17. The minimum atomic E-state index is -4.45. The number of nitrogens with one attached hydrogen (secondary N) is 2. The summed E-state index contributed by atoms with van der Waals surface area (Å²) in [5.41, 5.74) is 1.87. The molecule has 0 spiro atoms. The standard InChI is InChI=1S/C33H36F3N5O4S/c1-46(42,43)27-11-12-30(32(18-27)44-15-13-37)38-14-3-4-24-16-28-29(5-2-6-31(28)41(24)21-33(34,35)36)39-22-7-9-23(10-8-22)40-19-25-17-26(20-40)45-25/h2,5-6,11-12,16,18,22-23,25-26,38-39H,7-10,14-15,17,19-21H2,1H3. The molecule has 2 unspecified atom stereocenters. The lowest BCUT2D eigenvalue weighted by Gasteiger charge is -2.50. The van der Waals surface area contributed by atoms with E-state index in [1.807, 2.05) is 12.1 Å². The van der Waals surface area contributed by atoms with Crippen molar-refractivity contribution in [2.75, 3.05) is 43.1 Å². The number of piperidine rings is 1. The van der Waals surface area contributed by atoms with Gasteiger partial charge in [-0.25, -0.2) is 8.42 Å². The summed E-state index contributed by atoms with van der Waals surface area (Å²) in [6.45, 7) is 0.584. The van der Waals surface area contributed by atoms with Crippen molar-refractivity contribution in [3.8, 4) is 23.7 Å². The molecule has 4 aliphatic rings. The number of ether oxygens (including phenoxy) is 2. The van der Waals surface area contributed by atoms with E-state index in [1.165, 1.54) is 29.2 Å². The van der Waals surface area contributed by atoms with E-state index in [9.17, 15) is 21.6 Å². The van der Waals surface area contributed by atoms with Gasteiger partial charge >= 0.3 is 6.18 Å². The van der Waals surface area contributed by atoms with Crippen LogP contribution in [-0.2, 0) is 21.1 Å². The van der Waals surface area contributed by atoms with Crippen LogP contribution in [0.25, 0.3) is 10.9 Å². The minimum absolute atomic E-state index is 0.0274. The number of benzene rings is 2. The van der Waals surface area contributed by atoms with Gasteiger partial charge in [0.2, 0.25) is 0 Å². The molecule has 1 aliphatic carbocycles. The third kappa shape index (κ3) is 7.38. The van der Waals surface area contributed by atoms with Crippen LogP contribution >= 0.6 is 0 Å². The summed E-state index contributed by atoms with van der Waals surface area (Å²) in [6.07, 6.45) is 2.69. The fourth-order valence-corrected chi connectivity index (χ4v) is 7.37. The third-order valence-electron chi connectivity index (χ3n) is 8.90. The zero-order chi connectivity index (χ0) is 32.5. The highest BCUT2D eigenvalue weighted by atomic mass is 32.2. The fraction of sp³-hybridized carbons (Fsp3) is 0.485. The molecule has 3 aromatic rings. The average Bonchev–Trinajstić information content (AvgIpc) is 3.34. The monoisotopic (exact) mass is 655 g/mol. The van der Waals surface area contributed by atoms with E-state index in [2.05, 4.69) is 27.4 Å². The second-order valence-electron chi connectivity index (χ2n) is 12.2. The Morgan fingerprint density at radius 1 is 1.07 bits per heavy atom. The number of hydrogen-bond acceptors (Lipinski definition) is 8. The summed E-state index contributed by atoms with van der Waals surface area (Å²) in [7, 11) is -3.51. The van der Waals surface area contributed by atoms with Crippen LogP contribution in [-0.4, -0.2) is 80.8 Å². The second-order valence-corrected chi connectivity index (χ2v) is 14.2. The van der Waals surface area contributed by atoms with Crippen LogP contribution in [0.3, 0.4) is 0 Å². The predicted octanol–water partition coefficient (Wildman–Crippen LogP) is 5.17. The first-order valence-electron chi connectivity index (χ1n) is 15.4. The molecule has 7 rings (SSSR count). The Hall–Kier alpha value is -3.91. The molecule has 9 nitrogen and oxygen atoms in total. The minimum Gasteiger partial charge on any atom is -0.477 e. The Kier molecular flexibility index (Phi) is 9.10. The molecule has 0 radical (unpaired) electrons. The number of rotatable bonds is 9. The van der Waals surface area contributed by atoms with E-state index in [-0.39, 0.29) is 35.5 Å². The quantitative estimate of drug-likeness (QED) is 0.304. The maximum atomic E-state index is 13.7. The largest absolute Gasteiger partial charge is 0.477 e. The molecular formula is C33H36F3N5O4S. The Bertz CT molecular complexity index is 1780. The van der Waals surface area contributed by atoms with E-state index in [0.29, 0.717) is 34.8 Å². The molecule has 2 bridgehead atoms. The third-order valence-corrected chi connectivity index (χ3v) is 10.0. The van der Waals surface area contributed by atoms with Crippen LogP contribution in [0.15, 0.2) is 47.4 Å². The Morgan fingerprint density at radius 3 is 2.48 bits per heavy atom. The molecule has 244 valence electrons. The van der Waals surface area contributed by atoms with E-state index >= 15 is 0 Å². The first-order valence-corrected chi connectivity index (χ1v) is 17.3. The summed E-state index contributed by atoms with van der Waals surface area (Å²) in [5.74, 6) is 5.93. The normalized spacial score (nSPS) is 23.1. The summed E-state index contributed by atoms with van der Waals surface area (Å²) in [4.78, 5) is 2.60. The summed E-state index contributed by atoms with van der Waals surface area (Å²) in [5, 5.41) is 16.2. The smallest absolute Gasteiger partial charge is 0.406 e. The number of anilines is 2. The van der Waals surface area contributed by atoms with Crippen molar-refractivity contribution in [3.05, 3.63) is 48.2 Å². The molecule has 2 atom stereocenters. The maximum absolute atomic E-state index is 13.7. The van der Waals surface area contributed by atoms with E-state index in [1.54, 1.807) is 18.2 Å². The Labute approximate surface area is 266 Å². The van der Waals surface area contributed by atoms with Crippen molar-refractivity contribution < 1.29 is 31.1 Å². The maximum Gasteiger partial charge on any atom is 0.406 e. The second kappa shape index (κ2) is 13.1. The topological polar surface area (TPSA) is 109 Å². The molecular weight excluding hydrogens is 619 g/mol. The summed E-state index contributed by atoms with van der Waals surface area (Å²) < 4.78 is 77.4. The highest BCUT2D eigenvalue weighted by molar-refractivity contribution is 7.90. The number of morpholine rings is 1. The molecule has 3 aliphatic heterocycles. The molecule has 3 saturated heterocycles. The van der Waals surface area contributed by atoms with Crippen LogP contribution in [0.5, 0.6) is 5.75 Å². The van der Waals surface area contributed by atoms with Gasteiger partial charge in [-0.15, -0.1) is 0 Å². The van der Waals surface area contributed by atoms with Crippen molar-refractivity contribution >= 4 is 32.1 Å². The highest BCUT2D eigenvalue weighted by Crippen LogP contribution is 2.35. The molecule has 0 amide bonds. The zero-order valence-corrected chi connectivity index (χ0v) is 26.3. The number of nitrogens with zero attached hydrogens (tertiary/aromatic N) is 3. The number of nitriles is 1. The molecule has 4 heterocycles. The van der Waals surface area contributed by atoms with Gasteiger partial charge < -0.3 is 24.7 Å². The molecule has 46 heavy (non-hydrogen) atoms. The van der Waals surface area contributed by atoms with Crippen LogP contribution in [0.1, 0.15) is 37.8 Å². The van der Waals surface area contributed by atoms with Gasteiger partial charge in [-0.3, -0.25) is 4.90 Å². The van der Waals surface area contributed by atoms with Crippen molar-refractivity contribution in [2.24, 2.45) is 0 Å². The van der Waals surface area contributed by atoms with Crippen molar-refractivity contribution in [1.29, 1.82) is 5.26 Å². The molecule has 2 N–H and O–H groups in total. The summed E-state index contributed by atoms with van der Waals surface area (Å²) in [6, 6.07) is 13.9. The van der Waals surface area contributed by atoms with Crippen LogP contribution < -0.4 is 15.4 Å². The van der Waals surface area contributed by atoms with Crippen LogP contribution in [0.4, 0.5) is 24.5 Å². The number of hydrogen-bond donors (Lipinski definition) is 2. The van der Waals surface area contributed by atoms with Crippen LogP contribution in [0, 0.1) is 23.2 Å². The fourth-order valence-electron chi connectivity index (χ4n) is 6.74. The van der Waals surface area contributed by atoms with Crippen molar-refractivity contribution in [2.45, 2.75) is 74.0 Å². The zero-order valence-electron chi connectivity index (χ0n) is 25.4.